The van der Waals surface area contributed by atoms with Gasteiger partial charge in [-0.15, -0.1) is 0 Å². The number of para-hydroxylation sites is 1. The maximum absolute atomic E-state index is 6.65. The van der Waals surface area contributed by atoms with Gasteiger partial charge in [-0.3, -0.25) is 0 Å². The third-order valence-electron chi connectivity index (χ3n) is 6.24. The highest BCUT2D eigenvalue weighted by Crippen LogP contribution is 2.50. The minimum Gasteiger partial charge on any atom is -0.466 e. The molecule has 0 aliphatic carbocycles. The lowest BCUT2D eigenvalue weighted by Gasteiger charge is -2.51. The molecule has 1 fully saturated rings. The molecule has 5 rings (SSSR count). The zero-order valence-corrected chi connectivity index (χ0v) is 16.3. The summed E-state index contributed by atoms with van der Waals surface area (Å²) >= 11 is 0. The van der Waals surface area contributed by atoms with E-state index in [1.54, 1.807) is 0 Å². The predicted molar refractivity (Wildman–Crippen MR) is 105 cm³/mol. The van der Waals surface area contributed by atoms with Gasteiger partial charge >= 0.3 is 0 Å². The van der Waals surface area contributed by atoms with Crippen LogP contribution in [0.25, 0.3) is 0 Å². The summed E-state index contributed by atoms with van der Waals surface area (Å²) in [6, 6.07) is 13.3. The quantitative estimate of drug-likeness (QED) is 0.794. The Balaban J connectivity index is 1.53. The number of rotatable bonds is 2. The number of ether oxygens (including phenoxy) is 1. The second-order valence-corrected chi connectivity index (χ2v) is 8.24. The number of hydrogen-bond acceptors (Lipinski definition) is 5. The van der Waals surface area contributed by atoms with Gasteiger partial charge in [-0.1, -0.05) is 18.2 Å². The van der Waals surface area contributed by atoms with Crippen molar-refractivity contribution in [3.63, 3.8) is 0 Å². The fraction of sp³-hybridized carbons (Fsp3) is 0.500. The maximum Gasteiger partial charge on any atom is 0.200 e. The van der Waals surface area contributed by atoms with Crippen LogP contribution in [0, 0.1) is 6.92 Å². The van der Waals surface area contributed by atoms with Crippen molar-refractivity contribution < 1.29 is 9.15 Å². The first kappa shape index (κ1) is 16.9. The van der Waals surface area contributed by atoms with Crippen LogP contribution in [0.5, 0.6) is 5.75 Å². The van der Waals surface area contributed by atoms with Gasteiger partial charge in [0.25, 0.3) is 0 Å². The van der Waals surface area contributed by atoms with Crippen LogP contribution in [0.15, 0.2) is 45.9 Å². The Morgan fingerprint density at radius 1 is 1.11 bits per heavy atom. The van der Waals surface area contributed by atoms with E-state index in [2.05, 4.69) is 48.0 Å². The van der Waals surface area contributed by atoms with E-state index in [1.165, 1.54) is 5.56 Å². The van der Waals surface area contributed by atoms with E-state index in [1.807, 2.05) is 19.1 Å². The third kappa shape index (κ3) is 2.67. The molecule has 1 aromatic heterocycles. The van der Waals surface area contributed by atoms with Gasteiger partial charge in [0.15, 0.2) is 0 Å². The van der Waals surface area contributed by atoms with Crippen LogP contribution in [0.2, 0.25) is 0 Å². The molecule has 0 amide bonds. The molecule has 0 unspecified atom stereocenters. The molecule has 5 heteroatoms. The molecule has 0 radical (unpaired) electrons. The molecule has 5 nitrogen and oxygen atoms in total. The summed E-state index contributed by atoms with van der Waals surface area (Å²) in [5.74, 6) is 2.83. The van der Waals surface area contributed by atoms with Crippen molar-refractivity contribution in [2.75, 3.05) is 13.1 Å². The Morgan fingerprint density at radius 2 is 1.89 bits per heavy atom. The van der Waals surface area contributed by atoms with Crippen LogP contribution in [0.3, 0.4) is 0 Å². The Labute approximate surface area is 160 Å². The first-order valence-corrected chi connectivity index (χ1v) is 10.0. The van der Waals surface area contributed by atoms with Crippen molar-refractivity contribution in [1.29, 1.82) is 0 Å². The van der Waals surface area contributed by atoms with Crippen molar-refractivity contribution in [3.8, 4) is 5.75 Å². The lowest BCUT2D eigenvalue weighted by Crippen LogP contribution is -2.59. The summed E-state index contributed by atoms with van der Waals surface area (Å²) in [6.45, 7) is 8.59. The van der Waals surface area contributed by atoms with Gasteiger partial charge in [0, 0.05) is 44.0 Å². The summed E-state index contributed by atoms with van der Waals surface area (Å²) in [4.78, 5) is 2.53. The molecule has 1 aromatic carbocycles. The van der Waals surface area contributed by atoms with Crippen LogP contribution in [-0.2, 0) is 0 Å². The number of piperidine rings is 1. The number of furan rings is 1. The zero-order chi connectivity index (χ0) is 18.6. The minimum absolute atomic E-state index is 0.223. The van der Waals surface area contributed by atoms with Crippen LogP contribution < -0.4 is 4.74 Å². The monoisotopic (exact) mass is 365 g/mol. The van der Waals surface area contributed by atoms with E-state index in [4.69, 9.17) is 14.3 Å². The lowest BCUT2D eigenvalue weighted by molar-refractivity contribution is -0.152. The molecular weight excluding hydrogens is 338 g/mol. The summed E-state index contributed by atoms with van der Waals surface area (Å²) in [7, 11) is 0. The van der Waals surface area contributed by atoms with Crippen molar-refractivity contribution in [2.45, 2.75) is 57.8 Å². The van der Waals surface area contributed by atoms with E-state index < -0.39 is 0 Å². The highest BCUT2D eigenvalue weighted by molar-refractivity contribution is 5.99. The Morgan fingerprint density at radius 3 is 2.59 bits per heavy atom. The Hall–Kier alpha value is -2.27. The third-order valence-corrected chi connectivity index (χ3v) is 6.24. The van der Waals surface area contributed by atoms with E-state index in [0.717, 1.165) is 55.3 Å². The first-order chi connectivity index (χ1) is 13.1. The molecule has 0 saturated carbocycles. The van der Waals surface area contributed by atoms with Crippen LogP contribution in [-0.4, -0.2) is 40.5 Å². The molecule has 1 spiro atoms. The number of nitrogens with zero attached hydrogens (tertiary/aromatic N) is 3. The Bertz CT molecular complexity index is 877. The number of aryl methyl sites for hydroxylation is 1. The van der Waals surface area contributed by atoms with Gasteiger partial charge in [-0.25, -0.2) is 5.01 Å². The highest BCUT2D eigenvalue weighted by atomic mass is 16.5. The number of fused-ring (bicyclic) bond motifs is 4. The number of benzene rings is 1. The predicted octanol–water partition coefficient (Wildman–Crippen LogP) is 4.33. The standard InChI is InChI=1S/C22H27N3O2/c1-15(2)24-12-10-22(11-13-24)25-19(17-6-4-5-7-20(17)27-22)14-18(23-25)21-9-8-16(3)26-21/h4-9,15,19H,10-14H2,1-3H3/t19-/m0/s1. The molecule has 4 heterocycles. The fourth-order valence-electron chi connectivity index (χ4n) is 4.69. The SMILES string of the molecule is Cc1ccc(C2=NN3[C@@H](C2)c2ccccc2OC32CCN(C(C)C)CC2)o1. The fourth-order valence-corrected chi connectivity index (χ4v) is 4.69. The zero-order valence-electron chi connectivity index (χ0n) is 16.3. The number of hydrazone groups is 1. The molecule has 3 aliphatic rings. The molecule has 0 N–H and O–H groups in total. The number of likely N-dealkylation sites (tertiary alicyclic amines) is 1. The van der Waals surface area contributed by atoms with Gasteiger partial charge < -0.3 is 14.1 Å². The smallest absolute Gasteiger partial charge is 0.200 e. The van der Waals surface area contributed by atoms with Crippen molar-refractivity contribution in [1.82, 2.24) is 9.91 Å². The van der Waals surface area contributed by atoms with Crippen LogP contribution in [0.1, 0.15) is 56.2 Å². The average molecular weight is 365 g/mol. The van der Waals surface area contributed by atoms with Crippen LogP contribution >= 0.6 is 0 Å². The van der Waals surface area contributed by atoms with Crippen molar-refractivity contribution >= 4 is 5.71 Å². The molecule has 142 valence electrons. The summed E-state index contributed by atoms with van der Waals surface area (Å²) < 4.78 is 12.5. The van der Waals surface area contributed by atoms with Gasteiger partial charge in [0.1, 0.15) is 23.0 Å². The second-order valence-electron chi connectivity index (χ2n) is 8.24. The summed E-state index contributed by atoms with van der Waals surface area (Å²) in [6.07, 6.45) is 2.79. The van der Waals surface area contributed by atoms with Gasteiger partial charge in [0.05, 0.1) is 6.04 Å². The molecule has 2 aromatic rings. The van der Waals surface area contributed by atoms with Crippen molar-refractivity contribution in [2.24, 2.45) is 5.10 Å². The van der Waals surface area contributed by atoms with Crippen LogP contribution in [0.4, 0.5) is 0 Å². The maximum atomic E-state index is 6.65. The van der Waals surface area contributed by atoms with E-state index in [0.29, 0.717) is 6.04 Å². The molecule has 3 aliphatic heterocycles. The topological polar surface area (TPSA) is 41.2 Å². The summed E-state index contributed by atoms with van der Waals surface area (Å²) in [5, 5.41) is 7.30. The van der Waals surface area contributed by atoms with Gasteiger partial charge in [-0.05, 0) is 39.0 Å². The Kier molecular flexibility index (Phi) is 3.83. The molecule has 0 bridgehead atoms. The number of hydrogen-bond donors (Lipinski definition) is 0. The molecular formula is C22H27N3O2. The average Bonchev–Trinajstić information content (AvgIpc) is 3.29. The summed E-state index contributed by atoms with van der Waals surface area (Å²) in [5.41, 5.74) is 1.91. The van der Waals surface area contributed by atoms with Gasteiger partial charge in [-0.2, -0.15) is 5.10 Å². The second kappa shape index (κ2) is 6.13. The van der Waals surface area contributed by atoms with E-state index >= 15 is 0 Å². The van der Waals surface area contributed by atoms with E-state index in [-0.39, 0.29) is 11.8 Å². The van der Waals surface area contributed by atoms with Crippen molar-refractivity contribution in [3.05, 3.63) is 53.5 Å². The first-order valence-electron chi connectivity index (χ1n) is 10.0. The molecule has 27 heavy (non-hydrogen) atoms. The normalized spacial score (nSPS) is 23.9. The highest BCUT2D eigenvalue weighted by Gasteiger charge is 2.52. The van der Waals surface area contributed by atoms with Gasteiger partial charge in [0.2, 0.25) is 5.72 Å². The van der Waals surface area contributed by atoms with E-state index in [9.17, 15) is 0 Å². The minimum atomic E-state index is -0.353. The lowest BCUT2D eigenvalue weighted by atomic mass is 9.91. The molecule has 1 saturated heterocycles. The largest absolute Gasteiger partial charge is 0.466 e. The molecule has 1 atom stereocenters.